The molecule has 1 aromatic carbocycles. The predicted octanol–water partition coefficient (Wildman–Crippen LogP) is 4.63. The van der Waals surface area contributed by atoms with Gasteiger partial charge in [0.1, 0.15) is 23.7 Å². The van der Waals surface area contributed by atoms with Gasteiger partial charge in [-0.3, -0.25) is 0 Å². The molecule has 18 heavy (non-hydrogen) atoms. The Bertz CT molecular complexity index is 274. The van der Waals surface area contributed by atoms with E-state index in [-0.39, 0.29) is 21.1 Å². The Kier molecular flexibility index (Phi) is 15.1. The molecule has 0 fully saturated rings. The van der Waals surface area contributed by atoms with Crippen LogP contribution in [0.1, 0.15) is 20.8 Å². The van der Waals surface area contributed by atoms with Gasteiger partial charge in [0.2, 0.25) is 0 Å². The van der Waals surface area contributed by atoms with Gasteiger partial charge in [-0.15, -0.1) is 8.88 Å². The Morgan fingerprint density at radius 1 is 0.889 bits per heavy atom. The third-order valence-corrected chi connectivity index (χ3v) is 8.36. The predicted molar refractivity (Wildman–Crippen MR) is 78.5 cm³/mol. The van der Waals surface area contributed by atoms with Crippen molar-refractivity contribution in [3.8, 4) is 0 Å². The van der Waals surface area contributed by atoms with E-state index in [2.05, 4.69) is 83.7 Å². The molecule has 0 amide bonds. The second-order valence-electron chi connectivity index (χ2n) is 3.56. The van der Waals surface area contributed by atoms with Gasteiger partial charge < -0.3 is 0 Å². The van der Waals surface area contributed by atoms with Crippen LogP contribution in [-0.2, 0) is 29.9 Å². The summed E-state index contributed by atoms with van der Waals surface area (Å²) in [4.78, 5) is 0. The van der Waals surface area contributed by atoms with Gasteiger partial charge in [-0.1, -0.05) is 18.2 Å². The summed E-state index contributed by atoms with van der Waals surface area (Å²) >= 11 is 8.66. The minimum atomic E-state index is -0.791. The first-order valence-electron chi connectivity index (χ1n) is 5.68. The summed E-state index contributed by atoms with van der Waals surface area (Å²) in [5.74, 6) is 0. The molecule has 0 saturated heterocycles. The zero-order valence-electron chi connectivity index (χ0n) is 10.9. The van der Waals surface area contributed by atoms with E-state index in [1.165, 1.54) is 18.5 Å². The molecule has 0 aliphatic carbocycles. The molecule has 2 nitrogen and oxygen atoms in total. The van der Waals surface area contributed by atoms with Crippen molar-refractivity contribution < 1.29 is 29.9 Å². The van der Waals surface area contributed by atoms with Gasteiger partial charge in [0.05, 0.1) is 23.8 Å². The summed E-state index contributed by atoms with van der Waals surface area (Å²) in [5.41, 5.74) is 0. The Balaban J connectivity index is 0. The van der Waals surface area contributed by atoms with Crippen LogP contribution >= 0.6 is 31.0 Å². The fraction of sp³-hybridized carbons (Fsp3) is 0.500. The van der Waals surface area contributed by atoms with E-state index in [1.807, 2.05) is 0 Å². The van der Waals surface area contributed by atoms with Crippen LogP contribution in [0.2, 0.25) is 0 Å². The molecule has 0 aliphatic heterocycles. The smallest absolute Gasteiger partial charge is 0.102 e. The van der Waals surface area contributed by atoms with Gasteiger partial charge in [-0.25, -0.2) is 0 Å². The number of rotatable bonds is 5. The molecule has 0 spiro atoms. The molecule has 0 aliphatic rings. The molecule has 0 radical (unpaired) electrons. The maximum absolute atomic E-state index is 4.33. The zero-order chi connectivity index (χ0) is 13.1. The molecule has 1 aromatic rings. The molecule has 104 valence electrons. The molecular formula is C12H20Cl2MoO2P+. The Morgan fingerprint density at radius 2 is 1.28 bits per heavy atom. The fourth-order valence-electron chi connectivity index (χ4n) is 1.96. The molecule has 0 saturated carbocycles. The van der Waals surface area contributed by atoms with E-state index in [9.17, 15) is 0 Å². The topological polar surface area (TPSA) is 18.5 Å². The van der Waals surface area contributed by atoms with Crippen LogP contribution in [0.15, 0.2) is 30.3 Å². The van der Waals surface area contributed by atoms with E-state index in [0.717, 1.165) is 0 Å². The Labute approximate surface area is 135 Å². The Morgan fingerprint density at radius 3 is 1.56 bits per heavy atom. The molecule has 0 N–H and O–H groups in total. The SMILES string of the molecule is CC[P+](CC)(CC)c1ccccc1.ClOOCl.[Mo]. The van der Waals surface area contributed by atoms with Crippen molar-refractivity contribution in [1.82, 2.24) is 0 Å². The minimum absolute atomic E-state index is 0. The second-order valence-corrected chi connectivity index (χ2v) is 8.51. The molecule has 0 atom stereocenters. The number of benzene rings is 1. The number of hydrogen-bond donors (Lipinski definition) is 0. The maximum Gasteiger partial charge on any atom is 0.102 e. The summed E-state index contributed by atoms with van der Waals surface area (Å²) in [7, 11) is -0.791. The van der Waals surface area contributed by atoms with Crippen molar-refractivity contribution in [2.24, 2.45) is 0 Å². The van der Waals surface area contributed by atoms with E-state index in [0.29, 0.717) is 0 Å². The largest absolute Gasteiger partial charge is 0.102 e. The molecule has 0 aromatic heterocycles. The molecule has 1 rings (SSSR count). The van der Waals surface area contributed by atoms with Gasteiger partial charge in [-0.05, 0) is 32.9 Å². The van der Waals surface area contributed by atoms with E-state index in [1.54, 1.807) is 5.30 Å². The molecular weight excluding hydrogens is 374 g/mol. The van der Waals surface area contributed by atoms with Gasteiger partial charge in [0.25, 0.3) is 0 Å². The van der Waals surface area contributed by atoms with E-state index >= 15 is 0 Å². The van der Waals surface area contributed by atoms with E-state index in [4.69, 9.17) is 0 Å². The van der Waals surface area contributed by atoms with Crippen molar-refractivity contribution in [3.63, 3.8) is 0 Å². The van der Waals surface area contributed by atoms with Gasteiger partial charge in [-0.2, -0.15) is 0 Å². The number of halogens is 2. The van der Waals surface area contributed by atoms with Crippen LogP contribution in [0.25, 0.3) is 0 Å². The quantitative estimate of drug-likeness (QED) is 0.314. The van der Waals surface area contributed by atoms with Crippen LogP contribution in [0.3, 0.4) is 0 Å². The molecule has 0 bridgehead atoms. The zero-order valence-corrected chi connectivity index (χ0v) is 15.3. The first-order chi connectivity index (χ1) is 8.20. The third kappa shape index (κ3) is 6.85. The normalized spacial score (nSPS) is 10.1. The van der Waals surface area contributed by atoms with Crippen molar-refractivity contribution in [3.05, 3.63) is 30.3 Å². The van der Waals surface area contributed by atoms with Gasteiger partial charge in [0.15, 0.2) is 0 Å². The molecule has 0 heterocycles. The van der Waals surface area contributed by atoms with Crippen molar-refractivity contribution in [2.45, 2.75) is 20.8 Å². The summed E-state index contributed by atoms with van der Waals surface area (Å²) in [6.45, 7) is 7.02. The summed E-state index contributed by atoms with van der Waals surface area (Å²) in [6, 6.07) is 11.1. The fourth-order valence-corrected chi connectivity index (χ4v) is 5.20. The molecule has 6 heteroatoms. The van der Waals surface area contributed by atoms with Crippen molar-refractivity contribution >= 4 is 36.3 Å². The maximum atomic E-state index is 4.33. The van der Waals surface area contributed by atoms with Crippen molar-refractivity contribution in [2.75, 3.05) is 18.5 Å². The molecule has 0 unspecified atom stereocenters. The van der Waals surface area contributed by atoms with Crippen molar-refractivity contribution in [1.29, 1.82) is 0 Å². The first-order valence-corrected chi connectivity index (χ1v) is 8.64. The number of hydrogen-bond acceptors (Lipinski definition) is 2. The van der Waals surface area contributed by atoms with Crippen LogP contribution in [-0.4, -0.2) is 18.5 Å². The third-order valence-electron chi connectivity index (χ3n) is 3.14. The summed E-state index contributed by atoms with van der Waals surface area (Å²) < 4.78 is 6.56. The van der Waals surface area contributed by atoms with Crippen LogP contribution < -0.4 is 5.30 Å². The van der Waals surface area contributed by atoms with Crippen LogP contribution in [0.5, 0.6) is 0 Å². The minimum Gasteiger partial charge on any atom is -0.102 e. The van der Waals surface area contributed by atoms with E-state index < -0.39 is 7.26 Å². The average molecular weight is 394 g/mol. The van der Waals surface area contributed by atoms with Crippen LogP contribution in [0, 0.1) is 0 Å². The summed E-state index contributed by atoms with van der Waals surface area (Å²) in [6.07, 6.45) is 4.05. The summed E-state index contributed by atoms with van der Waals surface area (Å²) in [5, 5.41) is 1.61. The average Bonchev–Trinajstić information content (AvgIpc) is 2.43. The first kappa shape index (κ1) is 21.1. The standard InChI is InChI=1S/C12H20P.Cl2O2.Mo/c1-4-13(5-2,6-3)12-10-8-7-9-11-12;1-3-4-2;/h7-11H,4-6H2,1-3H3;;/q+1;;. The van der Waals surface area contributed by atoms with Gasteiger partial charge in [0, 0.05) is 28.3 Å². The Hall–Kier alpha value is 0.838. The van der Waals surface area contributed by atoms with Crippen LogP contribution in [0.4, 0.5) is 0 Å². The van der Waals surface area contributed by atoms with Gasteiger partial charge >= 0.3 is 0 Å². The monoisotopic (exact) mass is 395 g/mol. The second kappa shape index (κ2) is 12.9.